The average molecular weight is 469 g/mol. The standard InChI is InChI=1S/C22H37N.C7H9N.C2H6.CH4/c1-4-15(3)16-6-7-18-17(16)8-9-20-19(18)11-12-22(23)13-14(2)5-10-21(20)22;1-4-7(5-2)6-8-3;1-2;/h14,16-21H,3-13,23H2,1-2H3;1,5-6H,2-3H3;1-2H3;1H4/b;7-5-,8-6?;;. The first-order chi connectivity index (χ1) is 15.9. The van der Waals surface area contributed by atoms with Crippen molar-refractivity contribution in [1.29, 1.82) is 0 Å². The molecule has 0 spiro atoms. The molecule has 194 valence electrons. The Bertz CT molecular complexity index is 726. The van der Waals surface area contributed by atoms with Crippen molar-refractivity contribution in [2.45, 2.75) is 112 Å². The molecule has 0 aliphatic heterocycles. The number of rotatable bonds is 3. The van der Waals surface area contributed by atoms with E-state index in [1.54, 1.807) is 18.8 Å². The molecular weight excluding hydrogens is 412 g/mol. The largest absolute Gasteiger partial charge is 0.325 e. The number of hydrogen-bond acceptors (Lipinski definition) is 2. The van der Waals surface area contributed by atoms with Crippen LogP contribution in [0.1, 0.15) is 106 Å². The van der Waals surface area contributed by atoms with Crippen LogP contribution < -0.4 is 5.73 Å². The van der Waals surface area contributed by atoms with Gasteiger partial charge in [0.2, 0.25) is 0 Å². The van der Waals surface area contributed by atoms with Crippen molar-refractivity contribution in [2.24, 2.45) is 52.2 Å². The first kappa shape index (κ1) is 30.7. The van der Waals surface area contributed by atoms with Crippen molar-refractivity contribution in [1.82, 2.24) is 0 Å². The van der Waals surface area contributed by atoms with E-state index in [1.807, 2.05) is 26.8 Å². The summed E-state index contributed by atoms with van der Waals surface area (Å²) < 4.78 is 0. The Morgan fingerprint density at radius 1 is 1.06 bits per heavy atom. The predicted octanol–water partition coefficient (Wildman–Crippen LogP) is 8.48. The number of terminal acetylenes is 1. The van der Waals surface area contributed by atoms with E-state index >= 15 is 0 Å². The molecule has 0 heterocycles. The van der Waals surface area contributed by atoms with Crippen LogP contribution in [0.5, 0.6) is 0 Å². The molecule has 4 aliphatic rings. The molecule has 2 N–H and O–H groups in total. The second kappa shape index (κ2) is 14.3. The summed E-state index contributed by atoms with van der Waals surface area (Å²) >= 11 is 0. The molecule has 4 fully saturated rings. The number of aliphatic imine (C=N–C) groups is 1. The van der Waals surface area contributed by atoms with Crippen LogP contribution in [0.25, 0.3) is 0 Å². The Kier molecular flexibility index (Phi) is 12.9. The average Bonchev–Trinajstić information content (AvgIpc) is 3.27. The lowest BCUT2D eigenvalue weighted by Crippen LogP contribution is -2.59. The van der Waals surface area contributed by atoms with E-state index in [0.717, 1.165) is 47.0 Å². The third-order valence-electron chi connectivity index (χ3n) is 9.43. The maximum Gasteiger partial charge on any atom is 0.0378 e. The molecule has 4 rings (SSSR count). The lowest BCUT2D eigenvalue weighted by molar-refractivity contribution is -0.0448. The first-order valence-corrected chi connectivity index (χ1v) is 13.9. The van der Waals surface area contributed by atoms with Crippen LogP contribution in [0.4, 0.5) is 0 Å². The lowest BCUT2D eigenvalue weighted by Gasteiger charge is -2.57. The number of fused-ring (bicyclic) bond motifs is 5. The van der Waals surface area contributed by atoms with Crippen LogP contribution in [0.2, 0.25) is 0 Å². The van der Waals surface area contributed by atoms with Gasteiger partial charge in [-0.3, -0.25) is 4.99 Å². The van der Waals surface area contributed by atoms with Crippen LogP contribution in [-0.2, 0) is 0 Å². The zero-order valence-corrected chi connectivity index (χ0v) is 22.6. The van der Waals surface area contributed by atoms with Crippen LogP contribution >= 0.6 is 0 Å². The summed E-state index contributed by atoms with van der Waals surface area (Å²) in [6, 6.07) is 0. The molecule has 2 heteroatoms. The SMILES string of the molecule is C.C#C/C(C=NC)=C/C.C=C(CC)C1CCC2C1CCC1C2CCC2(N)CC(C)CCC12.CC. The molecule has 0 amide bonds. The molecule has 0 saturated heterocycles. The Morgan fingerprint density at radius 2 is 1.68 bits per heavy atom. The summed E-state index contributed by atoms with van der Waals surface area (Å²) in [6.07, 6.45) is 22.5. The van der Waals surface area contributed by atoms with Crippen LogP contribution in [0, 0.1) is 53.8 Å². The maximum absolute atomic E-state index is 6.98. The lowest BCUT2D eigenvalue weighted by atomic mass is 9.50. The van der Waals surface area contributed by atoms with Crippen molar-refractivity contribution < 1.29 is 0 Å². The van der Waals surface area contributed by atoms with Gasteiger partial charge in [0.25, 0.3) is 0 Å². The van der Waals surface area contributed by atoms with E-state index in [-0.39, 0.29) is 13.0 Å². The topological polar surface area (TPSA) is 38.4 Å². The quantitative estimate of drug-likeness (QED) is 0.252. The van der Waals surface area contributed by atoms with E-state index in [9.17, 15) is 0 Å². The van der Waals surface area contributed by atoms with Crippen molar-refractivity contribution >= 4 is 6.21 Å². The molecule has 4 aliphatic carbocycles. The number of nitrogens with zero attached hydrogens (tertiary/aromatic N) is 1. The van der Waals surface area contributed by atoms with Gasteiger partial charge in [-0.2, -0.15) is 0 Å². The summed E-state index contributed by atoms with van der Waals surface area (Å²) in [5.74, 6) is 8.94. The van der Waals surface area contributed by atoms with Crippen molar-refractivity contribution in [3.8, 4) is 12.3 Å². The second-order valence-electron chi connectivity index (χ2n) is 11.0. The monoisotopic (exact) mass is 468 g/mol. The fourth-order valence-corrected chi connectivity index (χ4v) is 8.01. The van der Waals surface area contributed by atoms with Crippen LogP contribution in [0.3, 0.4) is 0 Å². The van der Waals surface area contributed by atoms with Gasteiger partial charge in [0.15, 0.2) is 0 Å². The number of allylic oxidation sites excluding steroid dienone is 3. The third-order valence-corrected chi connectivity index (χ3v) is 9.43. The Labute approximate surface area is 213 Å². The summed E-state index contributed by atoms with van der Waals surface area (Å²) in [5, 5.41) is 0. The molecule has 4 saturated carbocycles. The van der Waals surface area contributed by atoms with E-state index < -0.39 is 0 Å². The van der Waals surface area contributed by atoms with Crippen LogP contribution in [0.15, 0.2) is 28.8 Å². The zero-order valence-electron chi connectivity index (χ0n) is 22.6. The first-order valence-electron chi connectivity index (χ1n) is 13.9. The molecule has 2 nitrogen and oxygen atoms in total. The molecule has 0 bridgehead atoms. The molecule has 0 aromatic carbocycles. The van der Waals surface area contributed by atoms with Crippen molar-refractivity contribution in [3.05, 3.63) is 23.8 Å². The van der Waals surface area contributed by atoms with Gasteiger partial charge in [0.05, 0.1) is 0 Å². The van der Waals surface area contributed by atoms with Gasteiger partial charge in [0, 0.05) is 24.4 Å². The minimum absolute atomic E-state index is 0. The highest BCUT2D eigenvalue weighted by molar-refractivity contribution is 5.83. The van der Waals surface area contributed by atoms with Crippen molar-refractivity contribution in [2.75, 3.05) is 7.05 Å². The Hall–Kier alpha value is -1.33. The molecule has 34 heavy (non-hydrogen) atoms. The number of nitrogens with two attached hydrogens (primary N) is 1. The minimum Gasteiger partial charge on any atom is -0.325 e. The van der Waals surface area contributed by atoms with Gasteiger partial charge >= 0.3 is 0 Å². The highest BCUT2D eigenvalue weighted by Crippen LogP contribution is 2.60. The summed E-state index contributed by atoms with van der Waals surface area (Å²) in [6.45, 7) is 15.0. The van der Waals surface area contributed by atoms with E-state index in [1.165, 1.54) is 64.2 Å². The van der Waals surface area contributed by atoms with Crippen LogP contribution in [-0.4, -0.2) is 18.8 Å². The highest BCUT2D eigenvalue weighted by atomic mass is 14.8. The second-order valence-corrected chi connectivity index (χ2v) is 11.0. The fraction of sp³-hybridized carbons (Fsp3) is 0.781. The van der Waals surface area contributed by atoms with Crippen molar-refractivity contribution in [3.63, 3.8) is 0 Å². The summed E-state index contributed by atoms with van der Waals surface area (Å²) in [5.41, 5.74) is 9.55. The normalized spacial score (nSPS) is 38.4. The van der Waals surface area contributed by atoms with E-state index in [0.29, 0.717) is 0 Å². The highest BCUT2D eigenvalue weighted by Gasteiger charge is 2.55. The van der Waals surface area contributed by atoms with E-state index in [2.05, 4.69) is 31.3 Å². The van der Waals surface area contributed by atoms with Gasteiger partial charge in [0.1, 0.15) is 0 Å². The zero-order chi connectivity index (χ0) is 24.6. The molecule has 0 aromatic heterocycles. The molecule has 0 aromatic rings. The Morgan fingerprint density at radius 3 is 2.24 bits per heavy atom. The molecular formula is C32H56N2. The van der Waals surface area contributed by atoms with Gasteiger partial charge < -0.3 is 5.73 Å². The number of hydrogen-bond donors (Lipinski definition) is 1. The molecule has 0 radical (unpaired) electrons. The van der Waals surface area contributed by atoms with Gasteiger partial charge in [-0.05, 0) is 106 Å². The Balaban J connectivity index is 0.000000453. The molecule has 8 unspecified atom stereocenters. The van der Waals surface area contributed by atoms with Gasteiger partial charge in [-0.25, -0.2) is 0 Å². The predicted molar refractivity (Wildman–Crippen MR) is 153 cm³/mol. The van der Waals surface area contributed by atoms with Gasteiger partial charge in [-0.15, -0.1) is 6.42 Å². The van der Waals surface area contributed by atoms with Gasteiger partial charge in [-0.1, -0.05) is 65.7 Å². The summed E-state index contributed by atoms with van der Waals surface area (Å²) in [4.78, 5) is 3.74. The smallest absolute Gasteiger partial charge is 0.0378 e. The summed E-state index contributed by atoms with van der Waals surface area (Å²) in [7, 11) is 1.70. The maximum atomic E-state index is 6.98. The fourth-order valence-electron chi connectivity index (χ4n) is 8.01. The molecule has 8 atom stereocenters. The third kappa shape index (κ3) is 6.66. The van der Waals surface area contributed by atoms with E-state index in [4.69, 9.17) is 12.2 Å². The minimum atomic E-state index is 0.